The Labute approximate surface area is 106 Å². The number of rotatable bonds is 3. The summed E-state index contributed by atoms with van der Waals surface area (Å²) in [4.78, 5) is 11.3. The molecule has 0 atom stereocenters. The number of halogens is 1. The highest BCUT2D eigenvalue weighted by atomic mass is 35.5. The van der Waals surface area contributed by atoms with Crippen molar-refractivity contribution in [2.24, 2.45) is 0 Å². The lowest BCUT2D eigenvalue weighted by molar-refractivity contribution is 0.0601. The molecule has 17 heavy (non-hydrogen) atoms. The van der Waals surface area contributed by atoms with Crippen molar-refractivity contribution in [3.8, 4) is 11.8 Å². The van der Waals surface area contributed by atoms with Crippen molar-refractivity contribution in [3.63, 3.8) is 0 Å². The third-order valence-corrected chi connectivity index (χ3v) is 2.42. The Morgan fingerprint density at radius 3 is 2.88 bits per heavy atom. The van der Waals surface area contributed by atoms with Gasteiger partial charge in [0.25, 0.3) is 0 Å². The predicted octanol–water partition coefficient (Wildman–Crippen LogP) is 2.09. The van der Waals surface area contributed by atoms with Crippen LogP contribution in [0.25, 0.3) is 0 Å². The van der Waals surface area contributed by atoms with Crippen LogP contribution in [0.5, 0.6) is 0 Å². The van der Waals surface area contributed by atoms with Gasteiger partial charge in [-0.15, -0.1) is 0 Å². The first-order valence-corrected chi connectivity index (χ1v) is 5.58. The smallest absolute Gasteiger partial charge is 0.339 e. The number of ether oxygens (including phenoxy) is 1. The molecule has 0 aliphatic carbocycles. The number of carbonyl (C=O) groups is 1. The number of benzene rings is 1. The second-order valence-corrected chi connectivity index (χ2v) is 3.75. The van der Waals surface area contributed by atoms with Crippen LogP contribution in [0.1, 0.15) is 22.3 Å². The van der Waals surface area contributed by atoms with E-state index < -0.39 is 5.97 Å². The van der Waals surface area contributed by atoms with Crippen LogP contribution in [0.3, 0.4) is 0 Å². The lowest BCUT2D eigenvalue weighted by atomic mass is 10.1. The van der Waals surface area contributed by atoms with E-state index in [-0.39, 0.29) is 0 Å². The van der Waals surface area contributed by atoms with Crippen LogP contribution < -0.4 is 5.32 Å². The van der Waals surface area contributed by atoms with Crippen molar-refractivity contribution in [2.75, 3.05) is 20.7 Å². The fraction of sp³-hybridized carbons (Fsp3) is 0.308. The number of nitrogens with one attached hydrogen (secondary N) is 1. The van der Waals surface area contributed by atoms with Gasteiger partial charge < -0.3 is 10.1 Å². The summed E-state index contributed by atoms with van der Waals surface area (Å²) in [5.41, 5.74) is 1.15. The Balaban J connectivity index is 2.81. The molecule has 0 spiro atoms. The number of carbonyl (C=O) groups excluding carboxylic acids is 1. The first-order chi connectivity index (χ1) is 8.19. The summed E-state index contributed by atoms with van der Waals surface area (Å²) in [6, 6.07) is 5.04. The van der Waals surface area contributed by atoms with E-state index in [9.17, 15) is 4.79 Å². The van der Waals surface area contributed by atoms with Gasteiger partial charge in [0.2, 0.25) is 0 Å². The highest BCUT2D eigenvalue weighted by molar-refractivity contribution is 6.33. The minimum absolute atomic E-state index is 0.356. The molecule has 1 N–H and O–H groups in total. The SMILES string of the molecule is CNCCC#Cc1ccc(C(=O)OC)c(Cl)c1. The predicted molar refractivity (Wildman–Crippen MR) is 68.2 cm³/mol. The van der Waals surface area contributed by atoms with Crippen LogP contribution in [-0.2, 0) is 4.74 Å². The molecule has 0 fully saturated rings. The maximum atomic E-state index is 11.3. The molecular weight excluding hydrogens is 238 g/mol. The van der Waals surface area contributed by atoms with Gasteiger partial charge in [-0.2, -0.15) is 0 Å². The molecule has 1 aromatic carbocycles. The summed E-state index contributed by atoms with van der Waals surface area (Å²) >= 11 is 5.96. The molecule has 0 aliphatic heterocycles. The van der Waals surface area contributed by atoms with Gasteiger partial charge >= 0.3 is 5.97 Å². The number of hydrogen-bond acceptors (Lipinski definition) is 3. The number of hydrogen-bond donors (Lipinski definition) is 1. The van der Waals surface area contributed by atoms with E-state index in [1.807, 2.05) is 7.05 Å². The molecule has 90 valence electrons. The second kappa shape index (κ2) is 6.95. The maximum absolute atomic E-state index is 11.3. The highest BCUT2D eigenvalue weighted by Crippen LogP contribution is 2.18. The molecular formula is C13H14ClNO2. The normalized spacial score (nSPS) is 9.35. The molecule has 1 rings (SSSR count). The second-order valence-electron chi connectivity index (χ2n) is 3.34. The third-order valence-electron chi connectivity index (χ3n) is 2.11. The fourth-order valence-corrected chi connectivity index (χ4v) is 1.48. The lowest BCUT2D eigenvalue weighted by Crippen LogP contribution is -2.05. The first-order valence-electron chi connectivity index (χ1n) is 5.20. The lowest BCUT2D eigenvalue weighted by Gasteiger charge is -2.01. The fourth-order valence-electron chi connectivity index (χ4n) is 1.22. The van der Waals surface area contributed by atoms with Gasteiger partial charge in [0, 0.05) is 18.5 Å². The van der Waals surface area contributed by atoms with E-state index in [1.54, 1.807) is 18.2 Å². The van der Waals surface area contributed by atoms with Gasteiger partial charge in [0.15, 0.2) is 0 Å². The molecule has 4 heteroatoms. The van der Waals surface area contributed by atoms with Gasteiger partial charge in [-0.05, 0) is 25.2 Å². The first kappa shape index (κ1) is 13.6. The molecule has 1 aromatic rings. The van der Waals surface area contributed by atoms with Crippen molar-refractivity contribution in [1.82, 2.24) is 5.32 Å². The van der Waals surface area contributed by atoms with Gasteiger partial charge in [-0.1, -0.05) is 23.4 Å². The van der Waals surface area contributed by atoms with Crippen molar-refractivity contribution in [2.45, 2.75) is 6.42 Å². The van der Waals surface area contributed by atoms with Gasteiger partial charge in [-0.3, -0.25) is 0 Å². The van der Waals surface area contributed by atoms with Crippen LogP contribution in [0.4, 0.5) is 0 Å². The van der Waals surface area contributed by atoms with Crippen molar-refractivity contribution >= 4 is 17.6 Å². The molecule has 0 bridgehead atoms. The third kappa shape index (κ3) is 4.10. The van der Waals surface area contributed by atoms with Crippen LogP contribution in [0, 0.1) is 11.8 Å². The monoisotopic (exact) mass is 251 g/mol. The largest absolute Gasteiger partial charge is 0.465 e. The van der Waals surface area contributed by atoms with Gasteiger partial charge in [0.1, 0.15) is 0 Å². The Morgan fingerprint density at radius 2 is 2.29 bits per heavy atom. The molecule has 3 nitrogen and oxygen atoms in total. The summed E-state index contributed by atoms with van der Waals surface area (Å²) in [5.74, 6) is 5.54. The minimum atomic E-state index is -0.440. The number of methoxy groups -OCH3 is 1. The summed E-state index contributed by atoms with van der Waals surface area (Å²) in [6.07, 6.45) is 0.771. The molecule has 0 saturated heterocycles. The standard InChI is InChI=1S/C13H14ClNO2/c1-15-8-4-3-5-10-6-7-11(12(14)9-10)13(16)17-2/h6-7,9,15H,4,8H2,1-2H3. The average molecular weight is 252 g/mol. The Kier molecular flexibility index (Phi) is 5.55. The number of esters is 1. The summed E-state index contributed by atoms with van der Waals surface area (Å²) in [6.45, 7) is 0.848. The van der Waals surface area contributed by atoms with Crippen LogP contribution >= 0.6 is 11.6 Å². The molecule has 0 radical (unpaired) electrons. The zero-order chi connectivity index (χ0) is 12.7. The van der Waals surface area contributed by atoms with Crippen molar-refractivity contribution in [3.05, 3.63) is 34.3 Å². The van der Waals surface area contributed by atoms with Crippen molar-refractivity contribution in [1.29, 1.82) is 0 Å². The Bertz CT molecular complexity index is 460. The van der Waals surface area contributed by atoms with E-state index in [1.165, 1.54) is 7.11 Å². The molecule has 0 aromatic heterocycles. The zero-order valence-electron chi connectivity index (χ0n) is 9.84. The van der Waals surface area contributed by atoms with Crippen molar-refractivity contribution < 1.29 is 9.53 Å². The summed E-state index contributed by atoms with van der Waals surface area (Å²) in [7, 11) is 3.20. The maximum Gasteiger partial charge on any atom is 0.339 e. The molecule has 0 saturated carbocycles. The Morgan fingerprint density at radius 1 is 1.53 bits per heavy atom. The zero-order valence-corrected chi connectivity index (χ0v) is 10.6. The van der Waals surface area contributed by atoms with Crippen LogP contribution in [-0.4, -0.2) is 26.7 Å². The summed E-state index contributed by atoms with van der Waals surface area (Å²) < 4.78 is 4.60. The Hall–Kier alpha value is -1.50. The molecule has 0 unspecified atom stereocenters. The average Bonchev–Trinajstić information content (AvgIpc) is 2.34. The van der Waals surface area contributed by atoms with E-state index in [2.05, 4.69) is 21.9 Å². The van der Waals surface area contributed by atoms with Gasteiger partial charge in [0.05, 0.1) is 17.7 Å². The molecule has 0 amide bonds. The van der Waals surface area contributed by atoms with Crippen LogP contribution in [0.15, 0.2) is 18.2 Å². The van der Waals surface area contributed by atoms with Crippen LogP contribution in [0.2, 0.25) is 5.02 Å². The highest BCUT2D eigenvalue weighted by Gasteiger charge is 2.09. The van der Waals surface area contributed by atoms with E-state index in [0.717, 1.165) is 18.5 Å². The molecule has 0 aliphatic rings. The quantitative estimate of drug-likeness (QED) is 0.508. The molecule has 0 heterocycles. The minimum Gasteiger partial charge on any atom is -0.465 e. The van der Waals surface area contributed by atoms with E-state index in [4.69, 9.17) is 11.6 Å². The van der Waals surface area contributed by atoms with Gasteiger partial charge in [-0.25, -0.2) is 4.79 Å². The van der Waals surface area contributed by atoms with E-state index >= 15 is 0 Å². The van der Waals surface area contributed by atoms with E-state index in [0.29, 0.717) is 10.6 Å². The summed E-state index contributed by atoms with van der Waals surface area (Å²) in [5, 5.41) is 3.37. The topological polar surface area (TPSA) is 38.3 Å².